The van der Waals surface area contributed by atoms with Crippen molar-refractivity contribution in [3.63, 3.8) is 0 Å². The first kappa shape index (κ1) is 8.21. The van der Waals surface area contributed by atoms with Gasteiger partial charge in [-0.3, -0.25) is 0 Å². The van der Waals surface area contributed by atoms with E-state index in [1.807, 2.05) is 0 Å². The molecule has 2 nitrogen and oxygen atoms in total. The van der Waals surface area contributed by atoms with Crippen molar-refractivity contribution in [2.45, 2.75) is 52.6 Å². The van der Waals surface area contributed by atoms with Crippen LogP contribution in [0.2, 0.25) is 0 Å². The summed E-state index contributed by atoms with van der Waals surface area (Å²) in [6.07, 6.45) is 2.48. The van der Waals surface area contributed by atoms with Crippen molar-refractivity contribution in [2.75, 3.05) is 0 Å². The lowest BCUT2D eigenvalue weighted by molar-refractivity contribution is -0.0173. The van der Waals surface area contributed by atoms with E-state index >= 15 is 0 Å². The van der Waals surface area contributed by atoms with E-state index in [4.69, 9.17) is 0 Å². The second kappa shape index (κ2) is 2.09. The molecule has 2 atom stereocenters. The first-order chi connectivity index (χ1) is 5.46. The van der Waals surface area contributed by atoms with Crippen LogP contribution in [0.3, 0.4) is 0 Å². The second-order valence-electron chi connectivity index (χ2n) is 5.28. The van der Waals surface area contributed by atoms with Crippen LogP contribution in [0.5, 0.6) is 0 Å². The molecular weight excluding hydrogens is 148 g/mol. The fourth-order valence-electron chi connectivity index (χ4n) is 2.46. The summed E-state index contributed by atoms with van der Waals surface area (Å²) in [4.78, 5) is 0. The van der Waals surface area contributed by atoms with Crippen LogP contribution in [0.1, 0.15) is 40.5 Å². The summed E-state index contributed by atoms with van der Waals surface area (Å²) in [5, 5.41) is 8.74. The van der Waals surface area contributed by atoms with Gasteiger partial charge in [0.25, 0.3) is 0 Å². The van der Waals surface area contributed by atoms with Gasteiger partial charge in [0.15, 0.2) is 0 Å². The third kappa shape index (κ3) is 0.758. The Morgan fingerprint density at radius 1 is 0.833 bits per heavy atom. The number of hydrogen-bond acceptors (Lipinski definition) is 2. The molecule has 2 unspecified atom stereocenters. The van der Waals surface area contributed by atoms with E-state index in [-0.39, 0.29) is 0 Å². The van der Waals surface area contributed by atoms with Crippen molar-refractivity contribution >= 4 is 0 Å². The number of nitrogens with zero attached hydrogens (tertiary/aromatic N) is 2. The smallest absolute Gasteiger partial charge is 0.0765 e. The zero-order chi connectivity index (χ0) is 8.98. The van der Waals surface area contributed by atoms with Crippen molar-refractivity contribution in [3.8, 4) is 0 Å². The molecule has 0 saturated heterocycles. The second-order valence-corrected chi connectivity index (χ2v) is 5.28. The Morgan fingerprint density at radius 3 is 1.33 bits per heavy atom. The standard InChI is InChI=1S/C10H18N2/c1-9(2)7-5-6-8(12-11-7)10(9,3)4/h7-8H,5-6H2,1-4H3. The molecule has 0 aromatic carbocycles. The van der Waals surface area contributed by atoms with Crippen LogP contribution in [0.15, 0.2) is 10.2 Å². The van der Waals surface area contributed by atoms with Crippen molar-refractivity contribution in [3.05, 3.63) is 0 Å². The number of azo groups is 1. The summed E-state index contributed by atoms with van der Waals surface area (Å²) in [7, 11) is 0. The highest BCUT2D eigenvalue weighted by atomic mass is 15.2. The molecule has 12 heavy (non-hydrogen) atoms. The van der Waals surface area contributed by atoms with Crippen LogP contribution in [0, 0.1) is 10.8 Å². The monoisotopic (exact) mass is 166 g/mol. The summed E-state index contributed by atoms with van der Waals surface area (Å²) in [5.74, 6) is 0. The van der Waals surface area contributed by atoms with Crippen LogP contribution >= 0.6 is 0 Å². The van der Waals surface area contributed by atoms with Gasteiger partial charge in [-0.25, -0.2) is 0 Å². The molecule has 3 aliphatic rings. The minimum atomic E-state index is 0.331. The van der Waals surface area contributed by atoms with Crippen LogP contribution in [-0.4, -0.2) is 12.1 Å². The predicted molar refractivity (Wildman–Crippen MR) is 49.2 cm³/mol. The van der Waals surface area contributed by atoms with Gasteiger partial charge < -0.3 is 0 Å². The highest BCUT2D eigenvalue weighted by Gasteiger charge is 2.54. The minimum absolute atomic E-state index is 0.331. The summed E-state index contributed by atoms with van der Waals surface area (Å²) in [6, 6.07) is 0.940. The third-order valence-corrected chi connectivity index (χ3v) is 4.39. The highest BCUT2D eigenvalue weighted by molar-refractivity contribution is 5.07. The van der Waals surface area contributed by atoms with Crippen LogP contribution in [0.25, 0.3) is 0 Å². The number of hydrogen-bond donors (Lipinski definition) is 0. The summed E-state index contributed by atoms with van der Waals surface area (Å²) >= 11 is 0. The van der Waals surface area contributed by atoms with Gasteiger partial charge in [0.2, 0.25) is 0 Å². The molecule has 0 radical (unpaired) electrons. The quantitative estimate of drug-likeness (QED) is 0.528. The van der Waals surface area contributed by atoms with Gasteiger partial charge in [0.05, 0.1) is 12.1 Å². The lowest BCUT2D eigenvalue weighted by atomic mass is 9.54. The summed E-state index contributed by atoms with van der Waals surface area (Å²) in [5.41, 5.74) is 0.662. The lowest BCUT2D eigenvalue weighted by Crippen LogP contribution is -2.54. The third-order valence-electron chi connectivity index (χ3n) is 4.39. The lowest BCUT2D eigenvalue weighted by Gasteiger charge is -2.54. The summed E-state index contributed by atoms with van der Waals surface area (Å²) in [6.45, 7) is 9.34. The van der Waals surface area contributed by atoms with Gasteiger partial charge >= 0.3 is 0 Å². The minimum Gasteiger partial charge on any atom is -0.190 e. The molecule has 2 aliphatic heterocycles. The maximum Gasteiger partial charge on any atom is 0.0765 e. The molecule has 0 amide bonds. The summed E-state index contributed by atoms with van der Waals surface area (Å²) < 4.78 is 0. The molecule has 0 aromatic rings. The van der Waals surface area contributed by atoms with E-state index in [0.29, 0.717) is 22.9 Å². The van der Waals surface area contributed by atoms with Gasteiger partial charge in [0.1, 0.15) is 0 Å². The van der Waals surface area contributed by atoms with E-state index in [9.17, 15) is 0 Å². The molecule has 0 aromatic heterocycles. The SMILES string of the molecule is CC1(C)C2CCC(N=N2)C1(C)C. The fraction of sp³-hybridized carbons (Fsp3) is 1.00. The van der Waals surface area contributed by atoms with E-state index < -0.39 is 0 Å². The Labute approximate surface area is 74.5 Å². The van der Waals surface area contributed by atoms with Crippen molar-refractivity contribution in [1.82, 2.24) is 0 Å². The van der Waals surface area contributed by atoms with E-state index in [1.165, 1.54) is 12.8 Å². The van der Waals surface area contributed by atoms with Crippen LogP contribution in [0.4, 0.5) is 0 Å². The van der Waals surface area contributed by atoms with E-state index in [1.54, 1.807) is 0 Å². The maximum atomic E-state index is 4.37. The molecule has 2 heteroatoms. The molecule has 0 N–H and O–H groups in total. The topological polar surface area (TPSA) is 24.7 Å². The van der Waals surface area contributed by atoms with Crippen molar-refractivity contribution in [1.29, 1.82) is 0 Å². The first-order valence-electron chi connectivity index (χ1n) is 4.86. The zero-order valence-corrected chi connectivity index (χ0v) is 8.46. The number of fused-ring (bicyclic) bond motifs is 2. The normalized spacial score (nSPS) is 41.7. The Balaban J connectivity index is 2.44. The zero-order valence-electron chi connectivity index (χ0n) is 8.46. The van der Waals surface area contributed by atoms with E-state index in [0.717, 1.165) is 0 Å². The predicted octanol–water partition coefficient (Wildman–Crippen LogP) is 3.04. The number of rotatable bonds is 0. The van der Waals surface area contributed by atoms with Gasteiger partial charge in [-0.05, 0) is 23.7 Å². The van der Waals surface area contributed by atoms with Gasteiger partial charge in [-0.1, -0.05) is 27.7 Å². The fourth-order valence-corrected chi connectivity index (χ4v) is 2.46. The molecule has 1 saturated carbocycles. The Morgan fingerprint density at radius 2 is 1.17 bits per heavy atom. The molecule has 1 fully saturated rings. The van der Waals surface area contributed by atoms with Gasteiger partial charge in [-0.2, -0.15) is 10.2 Å². The molecule has 3 rings (SSSR count). The van der Waals surface area contributed by atoms with Crippen LogP contribution in [-0.2, 0) is 0 Å². The average molecular weight is 166 g/mol. The molecule has 68 valence electrons. The van der Waals surface area contributed by atoms with Gasteiger partial charge in [-0.15, -0.1) is 0 Å². The Hall–Kier alpha value is -0.400. The Kier molecular flexibility index (Phi) is 1.43. The maximum absolute atomic E-state index is 4.37. The van der Waals surface area contributed by atoms with Crippen molar-refractivity contribution < 1.29 is 0 Å². The molecule has 2 bridgehead atoms. The molecular formula is C10H18N2. The highest BCUT2D eigenvalue weighted by Crippen LogP contribution is 2.55. The largest absolute Gasteiger partial charge is 0.190 e. The molecule has 2 heterocycles. The molecule has 0 spiro atoms. The average Bonchev–Trinajstić information content (AvgIpc) is 2.02. The Bertz CT molecular complexity index is 204. The first-order valence-corrected chi connectivity index (χ1v) is 4.86. The van der Waals surface area contributed by atoms with E-state index in [2.05, 4.69) is 37.9 Å². The van der Waals surface area contributed by atoms with Crippen LogP contribution < -0.4 is 0 Å². The molecule has 1 aliphatic carbocycles. The van der Waals surface area contributed by atoms with Crippen molar-refractivity contribution in [2.24, 2.45) is 21.1 Å². The van der Waals surface area contributed by atoms with Gasteiger partial charge in [0, 0.05) is 0 Å².